The highest BCUT2D eigenvalue weighted by Gasteiger charge is 2.54. The van der Waals surface area contributed by atoms with E-state index in [0.717, 1.165) is 18.2 Å². The molecular formula is C20H27N5O3. The minimum absolute atomic E-state index is 0.187. The lowest BCUT2D eigenvalue weighted by Crippen LogP contribution is -2.65. The third-order valence-electron chi connectivity index (χ3n) is 5.84. The predicted octanol–water partition coefficient (Wildman–Crippen LogP) is 1.42. The van der Waals surface area contributed by atoms with Gasteiger partial charge in [-0.15, -0.1) is 0 Å². The van der Waals surface area contributed by atoms with Crippen LogP contribution in [-0.4, -0.2) is 84.7 Å². The van der Waals surface area contributed by atoms with Crippen molar-refractivity contribution in [3.63, 3.8) is 0 Å². The van der Waals surface area contributed by atoms with E-state index in [2.05, 4.69) is 36.9 Å². The highest BCUT2D eigenvalue weighted by Crippen LogP contribution is 2.33. The summed E-state index contributed by atoms with van der Waals surface area (Å²) < 4.78 is 5.35. The summed E-state index contributed by atoms with van der Waals surface area (Å²) in [5, 5.41) is 0. The van der Waals surface area contributed by atoms with Crippen LogP contribution >= 0.6 is 0 Å². The Bertz CT molecular complexity index is 839. The van der Waals surface area contributed by atoms with Crippen LogP contribution in [-0.2, 0) is 9.53 Å². The van der Waals surface area contributed by atoms with Gasteiger partial charge in [-0.25, -0.2) is 9.79 Å². The average Bonchev–Trinajstić information content (AvgIpc) is 3.24. The van der Waals surface area contributed by atoms with Gasteiger partial charge in [-0.05, 0) is 44.0 Å². The van der Waals surface area contributed by atoms with Crippen molar-refractivity contribution < 1.29 is 14.3 Å². The molecule has 28 heavy (non-hydrogen) atoms. The molecule has 3 aliphatic heterocycles. The van der Waals surface area contributed by atoms with Crippen LogP contribution in [0.25, 0.3) is 0 Å². The number of rotatable bonds is 5. The molecule has 3 amide bonds. The van der Waals surface area contributed by atoms with Gasteiger partial charge >= 0.3 is 6.03 Å². The predicted molar refractivity (Wildman–Crippen MR) is 106 cm³/mol. The number of anilines is 1. The van der Waals surface area contributed by atoms with Gasteiger partial charge in [0.15, 0.2) is 12.2 Å². The van der Waals surface area contributed by atoms with Crippen molar-refractivity contribution in [1.29, 1.82) is 0 Å². The maximum Gasteiger partial charge on any atom is 0.328 e. The van der Waals surface area contributed by atoms with Crippen LogP contribution in [0.2, 0.25) is 0 Å². The molecule has 4 rings (SSSR count). The Morgan fingerprint density at radius 3 is 2.68 bits per heavy atom. The molecule has 3 aliphatic rings. The number of imide groups is 1. The molecule has 0 spiro atoms. The molecule has 0 N–H and O–H groups in total. The van der Waals surface area contributed by atoms with E-state index < -0.39 is 12.2 Å². The van der Waals surface area contributed by atoms with Crippen molar-refractivity contribution in [1.82, 2.24) is 14.7 Å². The second-order valence-corrected chi connectivity index (χ2v) is 7.48. The molecule has 0 aromatic heterocycles. The third kappa shape index (κ3) is 2.83. The molecule has 2 saturated heterocycles. The smallest absolute Gasteiger partial charge is 0.328 e. The first-order valence-electron chi connectivity index (χ1n) is 9.79. The van der Waals surface area contributed by atoms with Gasteiger partial charge in [0, 0.05) is 32.4 Å². The minimum Gasteiger partial charge on any atom is -0.380 e. The van der Waals surface area contributed by atoms with Crippen LogP contribution in [0.4, 0.5) is 10.5 Å². The zero-order chi connectivity index (χ0) is 20.0. The molecule has 1 aromatic rings. The molecule has 150 valence electrons. The zero-order valence-corrected chi connectivity index (χ0v) is 16.9. The number of aliphatic imine (C=N–C) groups is 1. The number of carbonyl (C=O) groups is 2. The van der Waals surface area contributed by atoms with Gasteiger partial charge in [0.05, 0.1) is 13.2 Å². The van der Waals surface area contributed by atoms with Crippen molar-refractivity contribution >= 4 is 23.6 Å². The number of ether oxygens (including phenoxy) is 1. The van der Waals surface area contributed by atoms with E-state index in [9.17, 15) is 9.59 Å². The Kier molecular flexibility index (Phi) is 4.74. The Morgan fingerprint density at radius 2 is 1.96 bits per heavy atom. The Balaban J connectivity index is 1.60. The lowest BCUT2D eigenvalue weighted by atomic mass is 10.1. The Hall–Kier alpha value is -2.61. The third-order valence-corrected chi connectivity index (χ3v) is 5.84. The molecule has 1 aromatic carbocycles. The van der Waals surface area contributed by atoms with Crippen LogP contribution in [0.3, 0.4) is 0 Å². The monoisotopic (exact) mass is 385 g/mol. The lowest BCUT2D eigenvalue weighted by Gasteiger charge is -2.40. The van der Waals surface area contributed by atoms with Gasteiger partial charge in [0.25, 0.3) is 5.91 Å². The SMILES string of the molecule is CCOCCN1C(=O)C2C(N=C3N(c4ccc(C)c(C)c4)CCN32)N(C)C1=O. The van der Waals surface area contributed by atoms with E-state index in [1.165, 1.54) is 16.0 Å². The van der Waals surface area contributed by atoms with E-state index in [0.29, 0.717) is 19.8 Å². The second kappa shape index (κ2) is 7.09. The number of amides is 3. The molecule has 2 unspecified atom stereocenters. The summed E-state index contributed by atoms with van der Waals surface area (Å²) in [7, 11) is 1.71. The van der Waals surface area contributed by atoms with E-state index in [4.69, 9.17) is 9.73 Å². The van der Waals surface area contributed by atoms with Crippen LogP contribution in [0.5, 0.6) is 0 Å². The van der Waals surface area contributed by atoms with Crippen molar-refractivity contribution in [2.75, 3.05) is 44.8 Å². The van der Waals surface area contributed by atoms with E-state index in [1.807, 2.05) is 11.8 Å². The van der Waals surface area contributed by atoms with E-state index in [-0.39, 0.29) is 18.5 Å². The minimum atomic E-state index is -0.479. The zero-order valence-electron chi connectivity index (χ0n) is 16.9. The molecule has 8 heteroatoms. The number of benzene rings is 1. The number of hydrogen-bond donors (Lipinski definition) is 0. The summed E-state index contributed by atoms with van der Waals surface area (Å²) in [4.78, 5) is 37.7. The molecule has 0 bridgehead atoms. The molecule has 8 nitrogen and oxygen atoms in total. The summed E-state index contributed by atoms with van der Waals surface area (Å²) >= 11 is 0. The highest BCUT2D eigenvalue weighted by molar-refractivity contribution is 6.08. The summed E-state index contributed by atoms with van der Waals surface area (Å²) in [5.41, 5.74) is 3.53. The number of fused-ring (bicyclic) bond motifs is 3. The van der Waals surface area contributed by atoms with Gasteiger partial charge in [-0.1, -0.05) is 6.07 Å². The quantitative estimate of drug-likeness (QED) is 0.717. The molecule has 3 heterocycles. The fourth-order valence-electron chi connectivity index (χ4n) is 4.08. The number of nitrogens with zero attached hydrogens (tertiary/aromatic N) is 5. The van der Waals surface area contributed by atoms with Gasteiger partial charge in [0.2, 0.25) is 5.96 Å². The number of likely N-dealkylation sites (N-methyl/N-ethyl adjacent to an activating group) is 1. The Morgan fingerprint density at radius 1 is 1.18 bits per heavy atom. The van der Waals surface area contributed by atoms with Crippen LogP contribution < -0.4 is 4.90 Å². The van der Waals surface area contributed by atoms with Gasteiger partial charge < -0.3 is 19.4 Å². The first-order chi connectivity index (χ1) is 13.4. The number of guanidine groups is 1. The number of hydrogen-bond acceptors (Lipinski definition) is 6. The molecule has 2 atom stereocenters. The van der Waals surface area contributed by atoms with Crippen molar-refractivity contribution in [2.45, 2.75) is 33.0 Å². The summed E-state index contributed by atoms with van der Waals surface area (Å²) in [5.74, 6) is 0.589. The topological polar surface area (TPSA) is 68.7 Å². The van der Waals surface area contributed by atoms with Crippen LogP contribution in [0.1, 0.15) is 18.1 Å². The lowest BCUT2D eigenvalue weighted by molar-refractivity contribution is -0.138. The fraction of sp³-hybridized carbons (Fsp3) is 0.550. The number of urea groups is 1. The molecule has 0 radical (unpaired) electrons. The summed E-state index contributed by atoms with van der Waals surface area (Å²) in [6.07, 6.45) is -0.479. The second-order valence-electron chi connectivity index (χ2n) is 7.48. The normalized spacial score (nSPS) is 24.1. The van der Waals surface area contributed by atoms with Crippen LogP contribution in [0, 0.1) is 13.8 Å². The van der Waals surface area contributed by atoms with Crippen molar-refractivity contribution in [3.05, 3.63) is 29.3 Å². The summed E-state index contributed by atoms with van der Waals surface area (Å²) in [6, 6.07) is 5.56. The maximum atomic E-state index is 13.1. The fourth-order valence-corrected chi connectivity index (χ4v) is 4.08. The molecular weight excluding hydrogens is 358 g/mol. The summed E-state index contributed by atoms with van der Waals surface area (Å²) in [6.45, 7) is 8.73. The first kappa shape index (κ1) is 18.7. The van der Waals surface area contributed by atoms with E-state index >= 15 is 0 Å². The van der Waals surface area contributed by atoms with Gasteiger partial charge in [-0.2, -0.15) is 0 Å². The van der Waals surface area contributed by atoms with E-state index in [1.54, 1.807) is 11.9 Å². The van der Waals surface area contributed by atoms with Crippen LogP contribution in [0.15, 0.2) is 23.2 Å². The molecule has 0 saturated carbocycles. The number of aryl methyl sites for hydroxylation is 2. The molecule has 0 aliphatic carbocycles. The first-order valence-corrected chi connectivity index (χ1v) is 9.79. The average molecular weight is 385 g/mol. The van der Waals surface area contributed by atoms with Crippen molar-refractivity contribution in [2.24, 2.45) is 4.99 Å². The van der Waals surface area contributed by atoms with Crippen molar-refractivity contribution in [3.8, 4) is 0 Å². The number of carbonyl (C=O) groups excluding carboxylic acids is 2. The van der Waals surface area contributed by atoms with Gasteiger partial charge in [-0.3, -0.25) is 9.69 Å². The largest absolute Gasteiger partial charge is 0.380 e. The van der Waals surface area contributed by atoms with Gasteiger partial charge in [0.1, 0.15) is 0 Å². The highest BCUT2D eigenvalue weighted by atomic mass is 16.5. The standard InChI is InChI=1S/C20H27N5O3/c1-5-28-11-10-25-18(26)16-17(22(4)20(25)27)21-19-23(8-9-24(16)19)15-7-6-13(2)14(3)12-15/h6-7,12,16-17H,5,8-11H2,1-4H3. The maximum absolute atomic E-state index is 13.1. The molecule has 2 fully saturated rings. The Labute approximate surface area is 165 Å².